The van der Waals surface area contributed by atoms with Crippen molar-refractivity contribution in [3.8, 4) is 22.9 Å². The quantitative estimate of drug-likeness (QED) is 0.900. The number of hydrogen-bond acceptors (Lipinski definition) is 5. The summed E-state index contributed by atoms with van der Waals surface area (Å²) in [5, 5.41) is 0. The zero-order valence-electron chi connectivity index (χ0n) is 10.5. The van der Waals surface area contributed by atoms with E-state index in [1.165, 1.54) is 0 Å². The van der Waals surface area contributed by atoms with E-state index in [4.69, 9.17) is 15.2 Å². The predicted molar refractivity (Wildman–Crippen MR) is 71.2 cm³/mol. The lowest BCUT2D eigenvalue weighted by molar-refractivity contribution is 0.171. The summed E-state index contributed by atoms with van der Waals surface area (Å²) < 4.78 is 11.0. The van der Waals surface area contributed by atoms with E-state index >= 15 is 0 Å². The van der Waals surface area contributed by atoms with Crippen LogP contribution >= 0.6 is 0 Å². The summed E-state index contributed by atoms with van der Waals surface area (Å²) in [6.07, 6.45) is 4.42. The second-order valence-corrected chi connectivity index (χ2v) is 4.31. The Hall–Kier alpha value is -2.14. The van der Waals surface area contributed by atoms with Crippen LogP contribution in [0.4, 0.5) is 0 Å². The lowest BCUT2D eigenvalue weighted by Gasteiger charge is -2.18. The highest BCUT2D eigenvalue weighted by atomic mass is 16.6. The highest BCUT2D eigenvalue weighted by molar-refractivity contribution is 5.61. The number of ether oxygens (including phenoxy) is 2. The van der Waals surface area contributed by atoms with Crippen LogP contribution in [0.5, 0.6) is 11.5 Å². The van der Waals surface area contributed by atoms with E-state index in [9.17, 15) is 0 Å². The van der Waals surface area contributed by atoms with Gasteiger partial charge in [0.05, 0.1) is 0 Å². The van der Waals surface area contributed by atoms with E-state index in [0.29, 0.717) is 25.6 Å². The molecule has 0 bridgehead atoms. The first kappa shape index (κ1) is 11.9. The van der Waals surface area contributed by atoms with Crippen LogP contribution in [0.25, 0.3) is 11.4 Å². The molecular formula is C14H15N3O2. The smallest absolute Gasteiger partial charge is 0.162 e. The van der Waals surface area contributed by atoms with Crippen molar-refractivity contribution in [2.24, 2.45) is 5.73 Å². The van der Waals surface area contributed by atoms with E-state index in [-0.39, 0.29) is 0 Å². The van der Waals surface area contributed by atoms with Gasteiger partial charge in [-0.15, -0.1) is 0 Å². The lowest BCUT2D eigenvalue weighted by Crippen LogP contribution is -2.15. The van der Waals surface area contributed by atoms with Gasteiger partial charge in [0.15, 0.2) is 17.3 Å². The van der Waals surface area contributed by atoms with E-state index in [0.717, 1.165) is 29.0 Å². The van der Waals surface area contributed by atoms with E-state index in [2.05, 4.69) is 9.97 Å². The molecule has 3 rings (SSSR count). The minimum atomic E-state index is 0.576. The van der Waals surface area contributed by atoms with E-state index in [1.54, 1.807) is 0 Å². The molecule has 1 aromatic heterocycles. The first-order valence-electron chi connectivity index (χ1n) is 6.28. The van der Waals surface area contributed by atoms with Crippen LogP contribution < -0.4 is 15.2 Å². The third-order valence-electron chi connectivity index (χ3n) is 2.94. The lowest BCUT2D eigenvalue weighted by atomic mass is 10.1. The fraction of sp³-hybridized carbons (Fsp3) is 0.286. The van der Waals surface area contributed by atoms with E-state index in [1.807, 2.05) is 30.6 Å². The molecule has 2 heterocycles. The summed E-state index contributed by atoms with van der Waals surface area (Å²) in [5.74, 6) is 2.20. The fourth-order valence-electron chi connectivity index (χ4n) is 1.98. The number of hydrogen-bond donors (Lipinski definition) is 1. The second-order valence-electron chi connectivity index (χ2n) is 4.31. The van der Waals surface area contributed by atoms with Gasteiger partial charge < -0.3 is 15.2 Å². The van der Waals surface area contributed by atoms with Gasteiger partial charge in [0.2, 0.25) is 0 Å². The molecule has 2 N–H and O–H groups in total. The molecule has 1 aliphatic heterocycles. The van der Waals surface area contributed by atoms with Gasteiger partial charge in [0.25, 0.3) is 0 Å². The third kappa shape index (κ3) is 2.51. The maximum absolute atomic E-state index is 5.55. The molecule has 0 saturated carbocycles. The molecule has 0 radical (unpaired) electrons. The van der Waals surface area contributed by atoms with Crippen LogP contribution in [0.15, 0.2) is 30.6 Å². The van der Waals surface area contributed by atoms with Crippen LogP contribution in [-0.2, 0) is 6.42 Å². The van der Waals surface area contributed by atoms with Crippen molar-refractivity contribution in [3.63, 3.8) is 0 Å². The minimum absolute atomic E-state index is 0.576. The first-order valence-corrected chi connectivity index (χ1v) is 6.28. The second kappa shape index (κ2) is 5.24. The summed E-state index contributed by atoms with van der Waals surface area (Å²) >= 11 is 0. The molecule has 0 saturated heterocycles. The van der Waals surface area contributed by atoms with Crippen molar-refractivity contribution in [2.45, 2.75) is 6.42 Å². The molecule has 0 atom stereocenters. The molecule has 1 aromatic carbocycles. The topological polar surface area (TPSA) is 70.3 Å². The van der Waals surface area contributed by atoms with Crippen molar-refractivity contribution in [1.29, 1.82) is 0 Å². The van der Waals surface area contributed by atoms with Crippen molar-refractivity contribution >= 4 is 0 Å². The van der Waals surface area contributed by atoms with Crippen molar-refractivity contribution in [3.05, 3.63) is 36.2 Å². The zero-order valence-corrected chi connectivity index (χ0v) is 10.5. The molecule has 2 aromatic rings. The highest BCUT2D eigenvalue weighted by Gasteiger charge is 2.13. The molecule has 1 aliphatic rings. The normalized spacial score (nSPS) is 13.3. The Balaban J connectivity index is 1.89. The van der Waals surface area contributed by atoms with Crippen molar-refractivity contribution in [1.82, 2.24) is 9.97 Å². The molecule has 0 unspecified atom stereocenters. The monoisotopic (exact) mass is 257 g/mol. The van der Waals surface area contributed by atoms with Gasteiger partial charge in [0, 0.05) is 18.0 Å². The van der Waals surface area contributed by atoms with Crippen LogP contribution in [0, 0.1) is 0 Å². The van der Waals surface area contributed by atoms with Crippen molar-refractivity contribution < 1.29 is 9.47 Å². The Morgan fingerprint density at radius 3 is 2.53 bits per heavy atom. The van der Waals surface area contributed by atoms with Gasteiger partial charge in [-0.25, -0.2) is 9.97 Å². The molecule has 98 valence electrons. The largest absolute Gasteiger partial charge is 0.486 e. The van der Waals surface area contributed by atoms with Crippen LogP contribution in [0.1, 0.15) is 5.56 Å². The predicted octanol–water partition coefficient (Wildman–Crippen LogP) is 1.42. The summed E-state index contributed by atoms with van der Waals surface area (Å²) in [4.78, 5) is 8.71. The summed E-state index contributed by atoms with van der Waals surface area (Å²) in [7, 11) is 0. The average molecular weight is 257 g/mol. The first-order chi connectivity index (χ1) is 9.36. The number of rotatable bonds is 3. The molecular weight excluding hydrogens is 242 g/mol. The number of fused-ring (bicyclic) bond motifs is 1. The third-order valence-corrected chi connectivity index (χ3v) is 2.94. The fourth-order valence-corrected chi connectivity index (χ4v) is 1.98. The molecule has 0 fully saturated rings. The van der Waals surface area contributed by atoms with Crippen molar-refractivity contribution in [2.75, 3.05) is 19.8 Å². The molecule has 0 spiro atoms. The Morgan fingerprint density at radius 1 is 1.05 bits per heavy atom. The number of benzene rings is 1. The van der Waals surface area contributed by atoms with Crippen LogP contribution in [0.3, 0.4) is 0 Å². The SMILES string of the molecule is NCCc1cnc(-c2ccc3c(c2)OCCO3)nc1. The summed E-state index contributed by atoms with van der Waals surface area (Å²) in [5.41, 5.74) is 7.47. The van der Waals surface area contributed by atoms with E-state index < -0.39 is 0 Å². The average Bonchev–Trinajstić information content (AvgIpc) is 2.48. The zero-order chi connectivity index (χ0) is 13.1. The van der Waals surface area contributed by atoms with Crippen LogP contribution in [0.2, 0.25) is 0 Å². The standard InChI is InChI=1S/C14H15N3O2/c15-4-3-10-8-16-14(17-9-10)11-1-2-12-13(7-11)19-6-5-18-12/h1-2,7-9H,3-6,15H2. The van der Waals surface area contributed by atoms with Gasteiger partial charge in [-0.3, -0.25) is 0 Å². The summed E-state index contributed by atoms with van der Waals surface area (Å²) in [6, 6.07) is 5.73. The Bertz CT molecular complexity index is 569. The van der Waals surface area contributed by atoms with Gasteiger partial charge in [-0.2, -0.15) is 0 Å². The molecule has 5 heteroatoms. The maximum Gasteiger partial charge on any atom is 0.162 e. The molecule has 0 amide bonds. The Kier molecular flexibility index (Phi) is 3.29. The van der Waals surface area contributed by atoms with Gasteiger partial charge in [-0.1, -0.05) is 0 Å². The molecule has 19 heavy (non-hydrogen) atoms. The highest BCUT2D eigenvalue weighted by Crippen LogP contribution is 2.33. The molecule has 5 nitrogen and oxygen atoms in total. The minimum Gasteiger partial charge on any atom is -0.486 e. The van der Waals surface area contributed by atoms with Crippen LogP contribution in [-0.4, -0.2) is 29.7 Å². The number of nitrogens with zero attached hydrogens (tertiary/aromatic N) is 2. The Morgan fingerprint density at radius 2 is 1.79 bits per heavy atom. The summed E-state index contributed by atoms with van der Waals surface area (Å²) in [6.45, 7) is 1.77. The van der Waals surface area contributed by atoms with Gasteiger partial charge in [0.1, 0.15) is 13.2 Å². The van der Waals surface area contributed by atoms with Gasteiger partial charge >= 0.3 is 0 Å². The number of aromatic nitrogens is 2. The number of nitrogens with two attached hydrogens (primary N) is 1. The van der Waals surface area contributed by atoms with Gasteiger partial charge in [-0.05, 0) is 36.7 Å². The molecule has 0 aliphatic carbocycles. The Labute approximate surface area is 111 Å². The maximum atomic E-state index is 5.55.